The summed E-state index contributed by atoms with van der Waals surface area (Å²) in [4.78, 5) is 38.6. The summed E-state index contributed by atoms with van der Waals surface area (Å²) in [5, 5.41) is 4.67. The molecule has 0 bridgehead atoms. The molecule has 0 aromatic heterocycles. The van der Waals surface area contributed by atoms with Crippen LogP contribution in [0.2, 0.25) is 0 Å². The molecule has 7 nitrogen and oxygen atoms in total. The molecule has 2 heterocycles. The summed E-state index contributed by atoms with van der Waals surface area (Å²) in [7, 11) is 0. The van der Waals surface area contributed by atoms with E-state index >= 15 is 0 Å². The van der Waals surface area contributed by atoms with Crippen molar-refractivity contribution in [1.82, 2.24) is 15.1 Å². The average molecular weight is 356 g/mol. The van der Waals surface area contributed by atoms with E-state index in [2.05, 4.69) is 10.6 Å². The molecule has 0 spiro atoms. The molecule has 0 aliphatic carbocycles. The molecule has 3 rings (SSSR count). The van der Waals surface area contributed by atoms with Gasteiger partial charge in [0.1, 0.15) is 6.04 Å². The van der Waals surface area contributed by atoms with Gasteiger partial charge in [-0.3, -0.25) is 9.59 Å². The summed E-state index contributed by atoms with van der Waals surface area (Å²) in [6.45, 7) is 0.138. The van der Waals surface area contributed by atoms with E-state index in [0.29, 0.717) is 0 Å². The van der Waals surface area contributed by atoms with E-state index in [4.69, 9.17) is 0 Å². The Hall–Kier alpha value is -2.78. The molecule has 0 unspecified atom stereocenters. The Balaban J connectivity index is 1.73. The maximum Gasteiger partial charge on any atom is 0.418 e. The number of carbonyl (C=O) groups is 3. The minimum atomic E-state index is -4.60. The minimum absolute atomic E-state index is 0.0718. The Morgan fingerprint density at radius 1 is 1.20 bits per heavy atom. The van der Waals surface area contributed by atoms with Crippen LogP contribution in [0.3, 0.4) is 0 Å². The zero-order chi connectivity index (χ0) is 18.2. The highest BCUT2D eigenvalue weighted by atomic mass is 19.4. The van der Waals surface area contributed by atoms with Gasteiger partial charge in [0, 0.05) is 13.1 Å². The molecule has 1 aromatic rings. The summed E-state index contributed by atoms with van der Waals surface area (Å²) in [6.07, 6.45) is -4.60. The lowest BCUT2D eigenvalue weighted by Gasteiger charge is -2.42. The molecule has 1 aromatic carbocycles. The summed E-state index contributed by atoms with van der Waals surface area (Å²) < 4.78 is 39.0. The van der Waals surface area contributed by atoms with Crippen LogP contribution in [0.4, 0.5) is 23.7 Å². The number of piperazine rings is 2. The lowest BCUT2D eigenvalue weighted by molar-refractivity contribution is -0.148. The number of fused-ring (bicyclic) bond motifs is 1. The van der Waals surface area contributed by atoms with Gasteiger partial charge in [0.05, 0.1) is 24.3 Å². The summed E-state index contributed by atoms with van der Waals surface area (Å²) >= 11 is 0. The van der Waals surface area contributed by atoms with Crippen molar-refractivity contribution >= 4 is 23.5 Å². The van der Waals surface area contributed by atoms with Crippen molar-refractivity contribution < 1.29 is 27.6 Å². The fourth-order valence-corrected chi connectivity index (χ4v) is 2.91. The third-order valence-electron chi connectivity index (χ3n) is 4.18. The summed E-state index contributed by atoms with van der Waals surface area (Å²) in [5.74, 6) is -0.625. The zero-order valence-electron chi connectivity index (χ0n) is 13.0. The number of alkyl halides is 3. The number of anilines is 1. The van der Waals surface area contributed by atoms with Crippen molar-refractivity contribution in [2.45, 2.75) is 12.2 Å². The predicted molar refractivity (Wildman–Crippen MR) is 80.5 cm³/mol. The molecule has 2 fully saturated rings. The standard InChI is InChI=1S/C15H15F3N4O3/c16-15(17,18)9-3-1-2-4-10(9)20-14(25)21-5-6-22-11(8-21)13(24)19-7-12(22)23/h1-4,11H,5-8H2,(H,19,24)(H,20,25)/t11-/m0/s1. The third kappa shape index (κ3) is 3.37. The molecule has 4 amide bonds. The Labute approximate surface area is 140 Å². The number of rotatable bonds is 1. The van der Waals surface area contributed by atoms with Crippen molar-refractivity contribution in [3.8, 4) is 0 Å². The second kappa shape index (κ2) is 6.26. The van der Waals surface area contributed by atoms with Gasteiger partial charge in [-0.2, -0.15) is 13.2 Å². The fraction of sp³-hybridized carbons (Fsp3) is 0.400. The minimum Gasteiger partial charge on any atom is -0.345 e. The van der Waals surface area contributed by atoms with E-state index < -0.39 is 23.8 Å². The van der Waals surface area contributed by atoms with Gasteiger partial charge >= 0.3 is 12.2 Å². The van der Waals surface area contributed by atoms with E-state index in [1.165, 1.54) is 21.9 Å². The van der Waals surface area contributed by atoms with Gasteiger partial charge in [-0.05, 0) is 12.1 Å². The van der Waals surface area contributed by atoms with Gasteiger partial charge in [-0.1, -0.05) is 12.1 Å². The predicted octanol–water partition coefficient (Wildman–Crippen LogP) is 0.880. The van der Waals surface area contributed by atoms with Crippen LogP contribution >= 0.6 is 0 Å². The highest BCUT2D eigenvalue weighted by molar-refractivity contribution is 5.96. The first-order valence-corrected chi connectivity index (χ1v) is 7.56. The monoisotopic (exact) mass is 356 g/mol. The molecule has 0 radical (unpaired) electrons. The number of benzene rings is 1. The molecule has 10 heteroatoms. The maximum absolute atomic E-state index is 13.0. The van der Waals surface area contributed by atoms with Crippen molar-refractivity contribution in [2.24, 2.45) is 0 Å². The second-order valence-electron chi connectivity index (χ2n) is 5.74. The van der Waals surface area contributed by atoms with Crippen molar-refractivity contribution in [3.05, 3.63) is 29.8 Å². The molecule has 1 atom stereocenters. The molecule has 2 aliphatic heterocycles. The lowest BCUT2D eigenvalue weighted by Crippen LogP contribution is -2.66. The quantitative estimate of drug-likeness (QED) is 0.784. The van der Waals surface area contributed by atoms with Gasteiger partial charge in [0.25, 0.3) is 0 Å². The maximum atomic E-state index is 13.0. The van der Waals surface area contributed by atoms with Crippen molar-refractivity contribution in [1.29, 1.82) is 0 Å². The molecular formula is C15H15F3N4O3. The zero-order valence-corrected chi connectivity index (χ0v) is 13.0. The second-order valence-corrected chi connectivity index (χ2v) is 5.74. The Kier molecular flexibility index (Phi) is 4.27. The third-order valence-corrected chi connectivity index (χ3v) is 4.18. The first-order valence-electron chi connectivity index (χ1n) is 7.56. The fourth-order valence-electron chi connectivity index (χ4n) is 2.91. The van der Waals surface area contributed by atoms with Gasteiger partial charge in [0.15, 0.2) is 0 Å². The first-order chi connectivity index (χ1) is 11.8. The van der Waals surface area contributed by atoms with Crippen LogP contribution in [0, 0.1) is 0 Å². The van der Waals surface area contributed by atoms with Crippen LogP contribution in [0.5, 0.6) is 0 Å². The molecule has 0 saturated carbocycles. The number of hydrogen-bond donors (Lipinski definition) is 2. The van der Waals surface area contributed by atoms with E-state index in [0.717, 1.165) is 12.1 Å². The largest absolute Gasteiger partial charge is 0.418 e. The number of para-hydroxylation sites is 1. The molecule has 2 aliphatic rings. The van der Waals surface area contributed by atoms with Gasteiger partial charge in [-0.15, -0.1) is 0 Å². The van der Waals surface area contributed by atoms with Gasteiger partial charge in [-0.25, -0.2) is 4.79 Å². The Morgan fingerprint density at radius 2 is 1.92 bits per heavy atom. The molecule has 134 valence electrons. The lowest BCUT2D eigenvalue weighted by atomic mass is 10.1. The Morgan fingerprint density at radius 3 is 2.64 bits per heavy atom. The molecular weight excluding hydrogens is 341 g/mol. The number of hydrogen-bond acceptors (Lipinski definition) is 3. The molecule has 25 heavy (non-hydrogen) atoms. The molecule has 2 N–H and O–H groups in total. The van der Waals surface area contributed by atoms with Gasteiger partial charge in [0.2, 0.25) is 11.8 Å². The summed E-state index contributed by atoms with van der Waals surface area (Å²) in [6, 6.07) is 3.08. The normalized spacial score (nSPS) is 20.8. The average Bonchev–Trinajstić information content (AvgIpc) is 2.57. The smallest absolute Gasteiger partial charge is 0.345 e. The highest BCUT2D eigenvalue weighted by Crippen LogP contribution is 2.34. The van der Waals surface area contributed by atoms with Crippen LogP contribution < -0.4 is 10.6 Å². The number of carbonyl (C=O) groups excluding carboxylic acids is 3. The number of halogens is 3. The first kappa shape index (κ1) is 17.1. The summed E-state index contributed by atoms with van der Waals surface area (Å²) in [5.41, 5.74) is -1.31. The molecule has 2 saturated heterocycles. The highest BCUT2D eigenvalue weighted by Gasteiger charge is 2.40. The Bertz CT molecular complexity index is 722. The van der Waals surface area contributed by atoms with Crippen LogP contribution in [-0.4, -0.2) is 59.9 Å². The van der Waals surface area contributed by atoms with Crippen LogP contribution in [0.15, 0.2) is 24.3 Å². The van der Waals surface area contributed by atoms with Crippen molar-refractivity contribution in [3.63, 3.8) is 0 Å². The van der Waals surface area contributed by atoms with Crippen LogP contribution in [-0.2, 0) is 15.8 Å². The van der Waals surface area contributed by atoms with Gasteiger partial charge < -0.3 is 20.4 Å². The number of amides is 4. The van der Waals surface area contributed by atoms with E-state index in [-0.39, 0.29) is 43.7 Å². The SMILES string of the molecule is O=C1NCC(=O)N2CCN(C(=O)Nc3ccccc3C(F)(F)F)C[C@@H]12. The van der Waals surface area contributed by atoms with Crippen LogP contribution in [0.1, 0.15) is 5.56 Å². The number of nitrogens with one attached hydrogen (secondary N) is 2. The van der Waals surface area contributed by atoms with Crippen molar-refractivity contribution in [2.75, 3.05) is 31.5 Å². The number of urea groups is 1. The van der Waals surface area contributed by atoms with E-state index in [1.54, 1.807) is 0 Å². The van der Waals surface area contributed by atoms with E-state index in [9.17, 15) is 27.6 Å². The number of nitrogens with zero attached hydrogens (tertiary/aromatic N) is 2. The van der Waals surface area contributed by atoms with Crippen LogP contribution in [0.25, 0.3) is 0 Å². The topological polar surface area (TPSA) is 81.8 Å². The van der Waals surface area contributed by atoms with E-state index in [1.807, 2.05) is 0 Å².